The Balaban J connectivity index is 1.73. The zero-order valence-corrected chi connectivity index (χ0v) is 21.9. The predicted octanol–water partition coefficient (Wildman–Crippen LogP) is 6.65. The minimum absolute atomic E-state index is 0.240. The Hall–Kier alpha value is -3.78. The number of hydrogen-bond donors (Lipinski definition) is 1. The number of nitrogens with one attached hydrogen (secondary N) is 1. The number of pyridine rings is 1. The Morgan fingerprint density at radius 3 is 2.06 bits per heavy atom. The van der Waals surface area contributed by atoms with E-state index < -0.39 is 6.04 Å². The second kappa shape index (κ2) is 12.3. The van der Waals surface area contributed by atoms with Crippen molar-refractivity contribution < 1.29 is 9.59 Å². The van der Waals surface area contributed by atoms with Crippen molar-refractivity contribution in [1.82, 2.24) is 10.3 Å². The summed E-state index contributed by atoms with van der Waals surface area (Å²) < 4.78 is 1.65. The number of aromatic nitrogens is 1. The molecule has 4 aromatic rings. The molecule has 180 valence electrons. The largest absolute Gasteiger partial charge is 0.347 e. The summed E-state index contributed by atoms with van der Waals surface area (Å²) in [5.74, 6) is -0.588. The first kappa shape index (κ1) is 25.3. The van der Waals surface area contributed by atoms with Gasteiger partial charge in [-0.15, -0.1) is 0 Å². The van der Waals surface area contributed by atoms with Crippen molar-refractivity contribution in [2.24, 2.45) is 0 Å². The van der Waals surface area contributed by atoms with Gasteiger partial charge in [0.2, 0.25) is 5.91 Å². The molecule has 2 amide bonds. The quantitative estimate of drug-likeness (QED) is 0.186. The van der Waals surface area contributed by atoms with Crippen LogP contribution in [0.4, 0.5) is 5.69 Å². The van der Waals surface area contributed by atoms with Gasteiger partial charge in [-0.25, -0.2) is 0 Å². The van der Waals surface area contributed by atoms with Crippen LogP contribution < -0.4 is 10.2 Å². The number of nitrogens with zero attached hydrogens (tertiary/aromatic N) is 2. The number of amides is 2. The molecule has 36 heavy (non-hydrogen) atoms. The molecule has 6 heteroatoms. The third kappa shape index (κ3) is 6.07. The summed E-state index contributed by atoms with van der Waals surface area (Å²) in [6.45, 7) is 1.93. The van der Waals surface area contributed by atoms with Crippen molar-refractivity contribution in [3.05, 3.63) is 131 Å². The smallest absolute Gasteiger partial charge is 0.252 e. The molecule has 1 heterocycles. The molecule has 3 aromatic carbocycles. The minimum Gasteiger partial charge on any atom is -0.347 e. The molecule has 0 saturated heterocycles. The molecule has 4 rings (SSSR count). The van der Waals surface area contributed by atoms with E-state index in [0.29, 0.717) is 11.3 Å². The van der Waals surface area contributed by atoms with E-state index in [1.54, 1.807) is 22.5 Å². The van der Waals surface area contributed by atoms with E-state index in [-0.39, 0.29) is 17.9 Å². The fourth-order valence-corrected chi connectivity index (χ4v) is 4.36. The molecule has 1 aromatic heterocycles. The Kier molecular flexibility index (Phi) is 8.62. The SMILES string of the molecule is C[C@H](NC(=O)C(c1cccnc1)N(C(=O)/C=C\I)c1ccc(-c2ccccc2)cc1)c1ccccc1. The molecule has 0 aliphatic heterocycles. The highest BCUT2D eigenvalue weighted by Crippen LogP contribution is 2.31. The lowest BCUT2D eigenvalue weighted by Gasteiger charge is -2.31. The number of hydrogen-bond acceptors (Lipinski definition) is 3. The lowest BCUT2D eigenvalue weighted by molar-refractivity contribution is -0.125. The first-order chi connectivity index (χ1) is 17.6. The number of benzene rings is 3. The van der Waals surface area contributed by atoms with Crippen molar-refractivity contribution in [2.45, 2.75) is 19.0 Å². The van der Waals surface area contributed by atoms with Gasteiger partial charge in [0.15, 0.2) is 0 Å². The standard InChI is InChI=1S/C30H26IN3O2/c1-22(23-9-4-2-5-10-23)33-30(36)29(26-13-8-20-32-21-26)34(28(35)18-19-31)27-16-14-25(15-17-27)24-11-6-3-7-12-24/h2-22,29H,1H3,(H,33,36)/b19-18-/t22-,29?/m0/s1. The maximum Gasteiger partial charge on any atom is 0.252 e. The highest BCUT2D eigenvalue weighted by Gasteiger charge is 2.33. The molecule has 1 N–H and O–H groups in total. The first-order valence-corrected chi connectivity index (χ1v) is 12.8. The monoisotopic (exact) mass is 587 g/mol. The molecule has 5 nitrogen and oxygen atoms in total. The molecule has 0 radical (unpaired) electrons. The van der Waals surface area contributed by atoms with E-state index >= 15 is 0 Å². The third-order valence-corrected chi connectivity index (χ3v) is 6.22. The fraction of sp³-hybridized carbons (Fsp3) is 0.100. The van der Waals surface area contributed by atoms with E-state index in [9.17, 15) is 9.59 Å². The van der Waals surface area contributed by atoms with Crippen LogP contribution in [-0.2, 0) is 9.59 Å². The van der Waals surface area contributed by atoms with Crippen molar-refractivity contribution in [3.8, 4) is 11.1 Å². The summed E-state index contributed by atoms with van der Waals surface area (Å²) >= 11 is 2.01. The van der Waals surface area contributed by atoms with Gasteiger partial charge in [-0.1, -0.05) is 101 Å². The zero-order chi connectivity index (χ0) is 25.3. The second-order valence-corrected chi connectivity index (χ2v) is 8.96. The zero-order valence-electron chi connectivity index (χ0n) is 19.8. The molecular weight excluding hydrogens is 561 g/mol. The van der Waals surface area contributed by atoms with Gasteiger partial charge in [0.1, 0.15) is 6.04 Å². The molecule has 0 bridgehead atoms. The number of anilines is 1. The third-order valence-electron chi connectivity index (χ3n) is 5.86. The summed E-state index contributed by atoms with van der Waals surface area (Å²) in [6, 6.07) is 29.9. The summed E-state index contributed by atoms with van der Waals surface area (Å²) in [4.78, 5) is 32.9. The van der Waals surface area contributed by atoms with E-state index in [4.69, 9.17) is 0 Å². The van der Waals surface area contributed by atoms with Gasteiger partial charge in [0.25, 0.3) is 5.91 Å². The first-order valence-electron chi connectivity index (χ1n) is 11.6. The topological polar surface area (TPSA) is 62.3 Å². The number of rotatable bonds is 8. The fourth-order valence-electron chi connectivity index (χ4n) is 4.06. The summed E-state index contributed by atoms with van der Waals surface area (Å²) in [5.41, 5.74) is 4.32. The summed E-state index contributed by atoms with van der Waals surface area (Å²) in [5, 5.41) is 3.09. The highest BCUT2D eigenvalue weighted by atomic mass is 127. The molecule has 1 unspecified atom stereocenters. The van der Waals surface area contributed by atoms with E-state index in [0.717, 1.165) is 16.7 Å². The van der Waals surface area contributed by atoms with Gasteiger partial charge < -0.3 is 5.32 Å². The molecular formula is C30H26IN3O2. The Labute approximate surface area is 225 Å². The van der Waals surface area contributed by atoms with Crippen molar-refractivity contribution in [2.75, 3.05) is 4.90 Å². The van der Waals surface area contributed by atoms with Gasteiger partial charge in [-0.2, -0.15) is 0 Å². The maximum atomic E-state index is 13.8. The Morgan fingerprint density at radius 2 is 1.44 bits per heavy atom. The van der Waals surface area contributed by atoms with Gasteiger partial charge in [-0.3, -0.25) is 19.5 Å². The van der Waals surface area contributed by atoms with Gasteiger partial charge in [0, 0.05) is 29.7 Å². The molecule has 0 aliphatic rings. The van der Waals surface area contributed by atoms with Crippen molar-refractivity contribution in [1.29, 1.82) is 0 Å². The second-order valence-electron chi connectivity index (χ2n) is 8.24. The average Bonchev–Trinajstić information content (AvgIpc) is 2.93. The summed E-state index contributed by atoms with van der Waals surface area (Å²) in [6.07, 6.45) is 4.74. The molecule has 0 spiro atoms. The van der Waals surface area contributed by atoms with Crippen LogP contribution in [0.2, 0.25) is 0 Å². The minimum atomic E-state index is -0.910. The lowest BCUT2D eigenvalue weighted by Crippen LogP contribution is -2.44. The van der Waals surface area contributed by atoms with E-state index in [2.05, 4.69) is 10.3 Å². The van der Waals surface area contributed by atoms with Crippen LogP contribution in [0.25, 0.3) is 11.1 Å². The van der Waals surface area contributed by atoms with Gasteiger partial charge in [0.05, 0.1) is 6.04 Å². The van der Waals surface area contributed by atoms with Gasteiger partial charge in [-0.05, 0) is 45.9 Å². The van der Waals surface area contributed by atoms with Crippen LogP contribution in [0.5, 0.6) is 0 Å². The van der Waals surface area contributed by atoms with Gasteiger partial charge >= 0.3 is 0 Å². The van der Waals surface area contributed by atoms with Crippen LogP contribution in [-0.4, -0.2) is 16.8 Å². The molecule has 2 atom stereocenters. The molecule has 0 saturated carbocycles. The van der Waals surface area contributed by atoms with Crippen molar-refractivity contribution in [3.63, 3.8) is 0 Å². The number of carbonyl (C=O) groups excluding carboxylic acids is 2. The van der Waals surface area contributed by atoms with Crippen LogP contribution in [0.1, 0.15) is 30.1 Å². The highest BCUT2D eigenvalue weighted by molar-refractivity contribution is 14.1. The lowest BCUT2D eigenvalue weighted by atomic mass is 10.0. The average molecular weight is 587 g/mol. The van der Waals surface area contributed by atoms with E-state index in [1.165, 1.54) is 11.0 Å². The Morgan fingerprint density at radius 1 is 0.833 bits per heavy atom. The summed E-state index contributed by atoms with van der Waals surface area (Å²) in [7, 11) is 0. The van der Waals surface area contributed by atoms with Crippen molar-refractivity contribution >= 4 is 40.1 Å². The number of halogens is 1. The number of carbonyl (C=O) groups is 2. The molecule has 0 aliphatic carbocycles. The Bertz CT molecular complexity index is 1310. The normalized spacial score (nSPS) is 12.6. The van der Waals surface area contributed by atoms with Crippen LogP contribution in [0.15, 0.2) is 120 Å². The van der Waals surface area contributed by atoms with Crippen LogP contribution in [0, 0.1) is 0 Å². The molecule has 0 fully saturated rings. The van der Waals surface area contributed by atoms with E-state index in [1.807, 2.05) is 121 Å². The predicted molar refractivity (Wildman–Crippen MR) is 153 cm³/mol. The van der Waals surface area contributed by atoms with Crippen LogP contribution >= 0.6 is 22.6 Å². The van der Waals surface area contributed by atoms with Crippen LogP contribution in [0.3, 0.4) is 0 Å². The maximum absolute atomic E-state index is 13.8.